The van der Waals surface area contributed by atoms with E-state index in [1.807, 2.05) is 0 Å². The van der Waals surface area contributed by atoms with Crippen molar-refractivity contribution in [1.82, 2.24) is 0 Å². The van der Waals surface area contributed by atoms with Crippen molar-refractivity contribution in [3.63, 3.8) is 0 Å². The average Bonchev–Trinajstić information content (AvgIpc) is 2.78. The summed E-state index contributed by atoms with van der Waals surface area (Å²) in [7, 11) is 0. The van der Waals surface area contributed by atoms with Crippen molar-refractivity contribution in [3.8, 4) is 11.3 Å². The molecular formula is C12H7O4-. The largest absolute Gasteiger partial charge is 0.542 e. The first-order valence-electron chi connectivity index (χ1n) is 4.57. The Hall–Kier alpha value is -2.36. The summed E-state index contributed by atoms with van der Waals surface area (Å²) in [6.07, 6.45) is 0.714. The molecule has 0 bridgehead atoms. The molecule has 1 aromatic heterocycles. The molecule has 80 valence electrons. The second-order valence-electron chi connectivity index (χ2n) is 3.19. The quantitative estimate of drug-likeness (QED) is 0.719. The number of hydrogen-bond donors (Lipinski definition) is 0. The Bertz CT molecular complexity index is 539. The Balaban J connectivity index is 2.42. The van der Waals surface area contributed by atoms with Crippen molar-refractivity contribution < 1.29 is 19.1 Å². The molecule has 0 aliphatic carbocycles. The fourth-order valence-corrected chi connectivity index (χ4v) is 1.37. The first kappa shape index (κ1) is 10.2. The first-order chi connectivity index (χ1) is 7.70. The topological polar surface area (TPSA) is 70.3 Å². The molecule has 0 amide bonds. The highest BCUT2D eigenvalue weighted by atomic mass is 16.4. The molecule has 0 radical (unpaired) electrons. The number of carbonyl (C=O) groups is 2. The van der Waals surface area contributed by atoms with Gasteiger partial charge >= 0.3 is 0 Å². The summed E-state index contributed by atoms with van der Waals surface area (Å²) in [6.45, 7) is 0. The van der Waals surface area contributed by atoms with Gasteiger partial charge in [-0.25, -0.2) is 0 Å². The van der Waals surface area contributed by atoms with Crippen molar-refractivity contribution >= 4 is 12.3 Å². The average molecular weight is 215 g/mol. The van der Waals surface area contributed by atoms with E-state index in [1.165, 1.54) is 12.1 Å². The van der Waals surface area contributed by atoms with Crippen LogP contribution < -0.4 is 5.11 Å². The van der Waals surface area contributed by atoms with Crippen LogP contribution in [0.1, 0.15) is 20.9 Å². The molecule has 1 aromatic carbocycles. The van der Waals surface area contributed by atoms with Gasteiger partial charge in [-0.2, -0.15) is 0 Å². The minimum atomic E-state index is -1.36. The van der Waals surface area contributed by atoms with Gasteiger partial charge < -0.3 is 14.3 Å². The predicted octanol–water partition coefficient (Wildman–Crippen LogP) is 1.12. The maximum absolute atomic E-state index is 10.6. The molecule has 0 atom stereocenters. The van der Waals surface area contributed by atoms with Gasteiger partial charge in [0.05, 0.1) is 0 Å². The molecule has 2 rings (SSSR count). The maximum Gasteiger partial charge on any atom is 0.150 e. The van der Waals surface area contributed by atoms with Crippen LogP contribution in [0.4, 0.5) is 0 Å². The van der Waals surface area contributed by atoms with Gasteiger partial charge in [0, 0.05) is 11.1 Å². The summed E-state index contributed by atoms with van der Waals surface area (Å²) >= 11 is 0. The molecule has 0 aliphatic heterocycles. The molecule has 0 aliphatic rings. The van der Waals surface area contributed by atoms with E-state index >= 15 is 0 Å². The molecule has 1 heterocycles. The van der Waals surface area contributed by atoms with E-state index in [0.717, 1.165) is 0 Å². The van der Waals surface area contributed by atoms with Crippen LogP contribution >= 0.6 is 0 Å². The number of rotatable bonds is 3. The Morgan fingerprint density at radius 3 is 2.69 bits per heavy atom. The summed E-state index contributed by atoms with van der Waals surface area (Å²) < 4.78 is 5.05. The van der Waals surface area contributed by atoms with Gasteiger partial charge in [0.15, 0.2) is 0 Å². The summed E-state index contributed by atoms with van der Waals surface area (Å²) in [5, 5.41) is 10.5. The zero-order valence-electron chi connectivity index (χ0n) is 8.17. The highest BCUT2D eigenvalue weighted by Gasteiger charge is 2.05. The third kappa shape index (κ3) is 1.86. The van der Waals surface area contributed by atoms with Crippen molar-refractivity contribution in [1.29, 1.82) is 0 Å². The van der Waals surface area contributed by atoms with Gasteiger partial charge in [0.25, 0.3) is 0 Å². The minimum Gasteiger partial charge on any atom is -0.542 e. The van der Waals surface area contributed by atoms with Gasteiger partial charge in [-0.1, -0.05) is 18.2 Å². The van der Waals surface area contributed by atoms with Crippen LogP contribution in [0.15, 0.2) is 40.8 Å². The lowest BCUT2D eigenvalue weighted by Crippen LogP contribution is -2.21. The Kier molecular flexibility index (Phi) is 2.55. The zero-order chi connectivity index (χ0) is 11.5. The number of furan rings is 1. The number of benzene rings is 1. The number of carboxylic acid groups (broad SMARTS) is 1. The number of hydrogen-bond acceptors (Lipinski definition) is 4. The molecule has 0 saturated heterocycles. The highest BCUT2D eigenvalue weighted by molar-refractivity contribution is 5.84. The first-order valence-corrected chi connectivity index (χ1v) is 4.57. The van der Waals surface area contributed by atoms with Crippen molar-refractivity contribution in [3.05, 3.63) is 47.7 Å². The summed E-state index contributed by atoms with van der Waals surface area (Å²) in [6, 6.07) is 9.53. The fraction of sp³-hybridized carbons (Fsp3) is 0. The van der Waals surface area contributed by atoms with E-state index in [9.17, 15) is 14.7 Å². The number of aromatic carboxylic acids is 1. The van der Waals surface area contributed by atoms with Gasteiger partial charge in [0.2, 0.25) is 0 Å². The molecule has 0 fully saturated rings. The Labute approximate surface area is 91.1 Å². The molecule has 0 spiro atoms. The third-order valence-corrected chi connectivity index (χ3v) is 2.11. The van der Waals surface area contributed by atoms with Crippen molar-refractivity contribution in [2.75, 3.05) is 0 Å². The van der Waals surface area contributed by atoms with Crippen LogP contribution in [0, 0.1) is 0 Å². The number of carboxylic acids is 1. The normalized spacial score (nSPS) is 10.0. The monoisotopic (exact) mass is 215 g/mol. The van der Waals surface area contributed by atoms with E-state index in [4.69, 9.17) is 4.42 Å². The van der Waals surface area contributed by atoms with Crippen LogP contribution in [0.5, 0.6) is 0 Å². The van der Waals surface area contributed by atoms with Crippen molar-refractivity contribution in [2.24, 2.45) is 0 Å². The third-order valence-electron chi connectivity index (χ3n) is 2.11. The fourth-order valence-electron chi connectivity index (χ4n) is 1.37. The van der Waals surface area contributed by atoms with Gasteiger partial charge in [-0.3, -0.25) is 4.79 Å². The molecule has 16 heavy (non-hydrogen) atoms. The van der Waals surface area contributed by atoms with Gasteiger partial charge in [0.1, 0.15) is 23.8 Å². The van der Waals surface area contributed by atoms with Gasteiger partial charge in [-0.05, 0) is 18.2 Å². The van der Waals surface area contributed by atoms with Crippen molar-refractivity contribution in [2.45, 2.75) is 0 Å². The molecule has 4 heteroatoms. The second kappa shape index (κ2) is 4.02. The predicted molar refractivity (Wildman–Crippen MR) is 53.9 cm³/mol. The molecule has 2 aromatic rings. The minimum absolute atomic E-state index is 0.230. The van der Waals surface area contributed by atoms with Crippen LogP contribution in [0.2, 0.25) is 0 Å². The van der Waals surface area contributed by atoms with E-state index in [0.29, 0.717) is 23.2 Å². The lowest BCUT2D eigenvalue weighted by molar-refractivity contribution is -0.257. The summed E-state index contributed by atoms with van der Waals surface area (Å²) in [5.41, 5.74) is 1.15. The molecule has 0 N–H and O–H groups in total. The van der Waals surface area contributed by atoms with Gasteiger partial charge in [-0.15, -0.1) is 0 Å². The van der Waals surface area contributed by atoms with E-state index in [2.05, 4.69) is 0 Å². The molecular weight excluding hydrogens is 208 g/mol. The maximum atomic E-state index is 10.6. The standard InChI is InChI=1S/C12H8O4/c13-7-8-2-1-3-9(6-8)10-4-5-11(16-10)12(14)15/h1-7H,(H,14,15)/p-1. The highest BCUT2D eigenvalue weighted by Crippen LogP contribution is 2.22. The van der Waals surface area contributed by atoms with Crippen LogP contribution in [-0.4, -0.2) is 12.3 Å². The van der Waals surface area contributed by atoms with E-state index in [-0.39, 0.29) is 5.76 Å². The lowest BCUT2D eigenvalue weighted by Gasteiger charge is -1.98. The van der Waals surface area contributed by atoms with E-state index in [1.54, 1.807) is 24.3 Å². The zero-order valence-corrected chi connectivity index (χ0v) is 8.17. The number of carbonyl (C=O) groups excluding carboxylic acids is 2. The van der Waals surface area contributed by atoms with Crippen LogP contribution in [0.3, 0.4) is 0 Å². The smallest absolute Gasteiger partial charge is 0.150 e. The Morgan fingerprint density at radius 1 is 1.25 bits per heavy atom. The summed E-state index contributed by atoms with van der Waals surface area (Å²) in [4.78, 5) is 21.1. The Morgan fingerprint density at radius 2 is 2.06 bits per heavy atom. The summed E-state index contributed by atoms with van der Waals surface area (Å²) in [5.74, 6) is -1.20. The SMILES string of the molecule is O=Cc1cccc(-c2ccc(C(=O)[O-])o2)c1. The van der Waals surface area contributed by atoms with E-state index < -0.39 is 5.97 Å². The van der Waals surface area contributed by atoms with Crippen LogP contribution in [-0.2, 0) is 0 Å². The lowest BCUT2D eigenvalue weighted by atomic mass is 10.1. The molecule has 0 unspecified atom stereocenters. The number of aldehydes is 1. The molecule has 0 saturated carbocycles. The second-order valence-corrected chi connectivity index (χ2v) is 3.19. The molecule has 4 nitrogen and oxygen atoms in total. The van der Waals surface area contributed by atoms with Crippen LogP contribution in [0.25, 0.3) is 11.3 Å².